The minimum Gasteiger partial charge on any atom is -0.337 e. The predicted molar refractivity (Wildman–Crippen MR) is 106 cm³/mol. The maximum absolute atomic E-state index is 13.1. The maximum Gasteiger partial charge on any atom is 0.248 e. The molecule has 3 heterocycles. The first-order chi connectivity index (χ1) is 14.2. The van der Waals surface area contributed by atoms with Crippen molar-refractivity contribution in [2.24, 2.45) is 0 Å². The Morgan fingerprint density at radius 3 is 2.52 bits per heavy atom. The van der Waals surface area contributed by atoms with E-state index in [1.54, 1.807) is 18.3 Å². The summed E-state index contributed by atoms with van der Waals surface area (Å²) in [4.78, 5) is 21.0. The van der Waals surface area contributed by atoms with Crippen molar-refractivity contribution >= 4 is 11.9 Å². The van der Waals surface area contributed by atoms with Crippen LogP contribution in [0.1, 0.15) is 0 Å². The van der Waals surface area contributed by atoms with Crippen molar-refractivity contribution < 1.29 is 9.18 Å². The van der Waals surface area contributed by atoms with Crippen LogP contribution in [0.2, 0.25) is 0 Å². The Kier molecular flexibility index (Phi) is 6.23. The number of nitrogens with one attached hydrogen (secondary N) is 2. The number of carbonyl (C=O) groups excluding carboxylic acids is 1. The molecule has 9 nitrogen and oxygen atoms in total. The van der Waals surface area contributed by atoms with Gasteiger partial charge in [-0.1, -0.05) is 0 Å². The van der Waals surface area contributed by atoms with Crippen molar-refractivity contribution in [1.29, 1.82) is 0 Å². The third-order valence-corrected chi connectivity index (χ3v) is 5.11. The van der Waals surface area contributed by atoms with E-state index in [2.05, 4.69) is 35.7 Å². The van der Waals surface area contributed by atoms with Crippen molar-refractivity contribution in [3.05, 3.63) is 36.3 Å². The molecule has 0 spiro atoms. The standard InChI is InChI=1S/C19H25FN8O/c20-16-3-1-15(2-4-16)17-13-22-24-19(23-17)27-11-9-26(10-12-27)14-18(29)25-28-7-5-21-6-8-28/h1-4,13,21H,5-12,14H2,(H,25,29). The Bertz CT molecular complexity index is 819. The molecule has 2 aromatic rings. The smallest absolute Gasteiger partial charge is 0.248 e. The molecule has 2 fully saturated rings. The average molecular weight is 400 g/mol. The zero-order valence-corrected chi connectivity index (χ0v) is 16.2. The number of piperazine rings is 2. The molecule has 4 rings (SSSR count). The highest BCUT2D eigenvalue weighted by Crippen LogP contribution is 2.19. The Labute approximate surface area is 168 Å². The van der Waals surface area contributed by atoms with Gasteiger partial charge in [0.1, 0.15) is 5.82 Å². The number of nitrogens with zero attached hydrogens (tertiary/aromatic N) is 6. The molecule has 2 aliphatic heterocycles. The summed E-state index contributed by atoms with van der Waals surface area (Å²) >= 11 is 0. The molecule has 2 saturated heterocycles. The first-order valence-corrected chi connectivity index (χ1v) is 9.85. The average Bonchev–Trinajstić information content (AvgIpc) is 2.75. The van der Waals surface area contributed by atoms with Gasteiger partial charge in [-0.25, -0.2) is 14.4 Å². The fraction of sp³-hybridized carbons (Fsp3) is 0.474. The monoisotopic (exact) mass is 400 g/mol. The number of aromatic nitrogens is 3. The van der Waals surface area contributed by atoms with E-state index in [0.29, 0.717) is 18.2 Å². The second-order valence-corrected chi connectivity index (χ2v) is 7.18. The molecule has 0 radical (unpaired) electrons. The van der Waals surface area contributed by atoms with Gasteiger partial charge in [-0.2, -0.15) is 5.10 Å². The lowest BCUT2D eigenvalue weighted by atomic mass is 10.2. The number of rotatable bonds is 5. The Morgan fingerprint density at radius 2 is 1.79 bits per heavy atom. The highest BCUT2D eigenvalue weighted by Gasteiger charge is 2.22. The van der Waals surface area contributed by atoms with Crippen LogP contribution in [0.15, 0.2) is 30.5 Å². The van der Waals surface area contributed by atoms with Crippen LogP contribution in [0.4, 0.5) is 10.3 Å². The Balaban J connectivity index is 1.29. The van der Waals surface area contributed by atoms with E-state index in [9.17, 15) is 9.18 Å². The van der Waals surface area contributed by atoms with E-state index in [1.165, 1.54) is 12.1 Å². The molecular weight excluding hydrogens is 375 g/mol. The number of hydrogen-bond donors (Lipinski definition) is 2. The molecular formula is C19H25FN8O. The van der Waals surface area contributed by atoms with Gasteiger partial charge in [-0.3, -0.25) is 15.1 Å². The largest absolute Gasteiger partial charge is 0.337 e. The molecule has 2 N–H and O–H groups in total. The Morgan fingerprint density at radius 1 is 1.07 bits per heavy atom. The van der Waals surface area contributed by atoms with Crippen LogP contribution in [0, 0.1) is 5.82 Å². The molecule has 0 saturated carbocycles. The number of carbonyl (C=O) groups is 1. The van der Waals surface area contributed by atoms with Crippen molar-refractivity contribution in [3.63, 3.8) is 0 Å². The molecule has 0 unspecified atom stereocenters. The van der Waals surface area contributed by atoms with Crippen LogP contribution >= 0.6 is 0 Å². The summed E-state index contributed by atoms with van der Waals surface area (Å²) < 4.78 is 13.1. The fourth-order valence-corrected chi connectivity index (χ4v) is 3.49. The van der Waals surface area contributed by atoms with Gasteiger partial charge in [0.05, 0.1) is 18.4 Å². The second-order valence-electron chi connectivity index (χ2n) is 7.18. The van der Waals surface area contributed by atoms with Crippen LogP contribution in [0.5, 0.6) is 0 Å². The van der Waals surface area contributed by atoms with Crippen LogP contribution in [-0.4, -0.2) is 89.9 Å². The molecule has 0 atom stereocenters. The van der Waals surface area contributed by atoms with Gasteiger partial charge in [0.2, 0.25) is 11.9 Å². The fourth-order valence-electron chi connectivity index (χ4n) is 3.49. The van der Waals surface area contributed by atoms with E-state index in [1.807, 2.05) is 5.01 Å². The van der Waals surface area contributed by atoms with Gasteiger partial charge in [-0.05, 0) is 24.3 Å². The number of hydrogen-bond acceptors (Lipinski definition) is 8. The molecule has 10 heteroatoms. The van der Waals surface area contributed by atoms with E-state index in [4.69, 9.17) is 0 Å². The second kappa shape index (κ2) is 9.21. The van der Waals surface area contributed by atoms with Crippen LogP contribution in [-0.2, 0) is 4.79 Å². The third kappa shape index (κ3) is 5.22. The minimum atomic E-state index is -0.284. The van der Waals surface area contributed by atoms with Gasteiger partial charge < -0.3 is 10.2 Å². The minimum absolute atomic E-state index is 0.0246. The zero-order chi connectivity index (χ0) is 20.1. The van der Waals surface area contributed by atoms with E-state index in [-0.39, 0.29) is 11.7 Å². The molecule has 154 valence electrons. The predicted octanol–water partition coefficient (Wildman–Crippen LogP) is -0.264. The van der Waals surface area contributed by atoms with Crippen LogP contribution in [0.3, 0.4) is 0 Å². The topological polar surface area (TPSA) is 89.5 Å². The molecule has 1 aromatic carbocycles. The maximum atomic E-state index is 13.1. The van der Waals surface area contributed by atoms with Gasteiger partial charge >= 0.3 is 0 Å². The zero-order valence-electron chi connectivity index (χ0n) is 16.2. The lowest BCUT2D eigenvalue weighted by molar-refractivity contribution is -0.127. The lowest BCUT2D eigenvalue weighted by Crippen LogP contribution is -2.55. The van der Waals surface area contributed by atoms with Crippen molar-refractivity contribution in [2.75, 3.05) is 63.8 Å². The summed E-state index contributed by atoms with van der Waals surface area (Å²) in [5.74, 6) is 0.293. The highest BCUT2D eigenvalue weighted by molar-refractivity contribution is 5.77. The normalized spacial score (nSPS) is 18.6. The van der Waals surface area contributed by atoms with Crippen LogP contribution in [0.25, 0.3) is 11.3 Å². The number of amides is 1. The summed E-state index contributed by atoms with van der Waals surface area (Å²) in [6.45, 7) is 6.76. The van der Waals surface area contributed by atoms with Gasteiger partial charge in [0.15, 0.2) is 0 Å². The van der Waals surface area contributed by atoms with Crippen molar-refractivity contribution in [3.8, 4) is 11.3 Å². The van der Waals surface area contributed by atoms with Gasteiger partial charge in [0.25, 0.3) is 0 Å². The summed E-state index contributed by atoms with van der Waals surface area (Å²) in [6, 6.07) is 6.17. The molecule has 2 aliphatic rings. The van der Waals surface area contributed by atoms with Crippen molar-refractivity contribution in [2.45, 2.75) is 0 Å². The first kappa shape index (κ1) is 19.6. The number of anilines is 1. The van der Waals surface area contributed by atoms with E-state index >= 15 is 0 Å². The van der Waals surface area contributed by atoms with Crippen molar-refractivity contribution in [1.82, 2.24) is 35.8 Å². The van der Waals surface area contributed by atoms with Gasteiger partial charge in [0, 0.05) is 57.9 Å². The quantitative estimate of drug-likeness (QED) is 0.710. The third-order valence-electron chi connectivity index (χ3n) is 5.11. The molecule has 1 aromatic heterocycles. The number of benzene rings is 1. The highest BCUT2D eigenvalue weighted by atomic mass is 19.1. The molecule has 1 amide bonds. The number of hydrazine groups is 1. The van der Waals surface area contributed by atoms with E-state index < -0.39 is 0 Å². The summed E-state index contributed by atoms with van der Waals surface area (Å²) in [5.41, 5.74) is 4.43. The lowest BCUT2D eigenvalue weighted by Gasteiger charge is -2.35. The van der Waals surface area contributed by atoms with Gasteiger partial charge in [-0.15, -0.1) is 5.10 Å². The van der Waals surface area contributed by atoms with Crippen LogP contribution < -0.4 is 15.6 Å². The molecule has 0 bridgehead atoms. The molecule has 29 heavy (non-hydrogen) atoms. The summed E-state index contributed by atoms with van der Waals surface area (Å²) in [6.07, 6.45) is 1.58. The summed E-state index contributed by atoms with van der Waals surface area (Å²) in [5, 5.41) is 13.4. The van der Waals surface area contributed by atoms with E-state index in [0.717, 1.165) is 57.9 Å². The number of halogens is 1. The molecule has 0 aliphatic carbocycles. The summed E-state index contributed by atoms with van der Waals surface area (Å²) in [7, 11) is 0. The SMILES string of the molecule is O=C(CN1CCN(c2nncc(-c3ccc(F)cc3)n2)CC1)NN1CCNCC1. The Hall–Kier alpha value is -2.69. The first-order valence-electron chi connectivity index (χ1n) is 9.85.